The number of anilines is 1. The summed E-state index contributed by atoms with van der Waals surface area (Å²) >= 11 is 0. The molecule has 1 aliphatic carbocycles. The smallest absolute Gasteiger partial charge is 0.145 e. The van der Waals surface area contributed by atoms with Gasteiger partial charge in [0.2, 0.25) is 0 Å². The van der Waals surface area contributed by atoms with Gasteiger partial charge in [0.1, 0.15) is 17.8 Å². The Hall–Kier alpha value is -2.40. The number of aromatic nitrogens is 3. The molecule has 2 N–H and O–H groups in total. The summed E-state index contributed by atoms with van der Waals surface area (Å²) in [6, 6.07) is 13.5. The molecular weight excluding hydrogens is 358 g/mol. The molecule has 2 unspecified atom stereocenters. The van der Waals surface area contributed by atoms with Crippen LogP contribution in [0.3, 0.4) is 0 Å². The van der Waals surface area contributed by atoms with Gasteiger partial charge in [0.15, 0.2) is 0 Å². The van der Waals surface area contributed by atoms with Gasteiger partial charge in [-0.2, -0.15) is 0 Å². The zero-order chi connectivity index (χ0) is 19.9. The lowest BCUT2D eigenvalue weighted by Crippen LogP contribution is -2.18. The van der Waals surface area contributed by atoms with Crippen LogP contribution < -0.4 is 10.6 Å². The van der Waals surface area contributed by atoms with E-state index >= 15 is 0 Å². The van der Waals surface area contributed by atoms with E-state index in [1.165, 1.54) is 44.1 Å². The minimum Gasteiger partial charge on any atom is -0.372 e. The van der Waals surface area contributed by atoms with Crippen LogP contribution in [-0.2, 0) is 6.42 Å². The standard InChI is InChI=1S/C24H33N5/c1-25-23-22-13-16-29(24(22)28-18-27-23)21-11-10-20(17-21)9-5-6-14-26-15-12-19-7-3-2-4-8-19/h2-4,7-8,13,16,18,20-21,26H,5-6,9-12,14-15,17H2,1H3,(H,25,27,28). The number of benzene rings is 1. The predicted molar refractivity (Wildman–Crippen MR) is 120 cm³/mol. The van der Waals surface area contributed by atoms with Crippen molar-refractivity contribution >= 4 is 16.9 Å². The van der Waals surface area contributed by atoms with Crippen molar-refractivity contribution in [3.05, 3.63) is 54.5 Å². The number of nitrogens with zero attached hydrogens (tertiary/aromatic N) is 3. The van der Waals surface area contributed by atoms with E-state index in [1.807, 2.05) is 7.05 Å². The van der Waals surface area contributed by atoms with Crippen molar-refractivity contribution in [1.29, 1.82) is 0 Å². The van der Waals surface area contributed by atoms with Gasteiger partial charge in [0, 0.05) is 19.3 Å². The Morgan fingerprint density at radius 2 is 1.93 bits per heavy atom. The Morgan fingerprint density at radius 3 is 2.79 bits per heavy atom. The minimum absolute atomic E-state index is 0.584. The fraction of sp³-hybridized carbons (Fsp3) is 0.500. The molecule has 0 radical (unpaired) electrons. The summed E-state index contributed by atoms with van der Waals surface area (Å²) in [5.74, 6) is 1.77. The predicted octanol–water partition coefficient (Wildman–Crippen LogP) is 4.82. The zero-order valence-electron chi connectivity index (χ0n) is 17.5. The van der Waals surface area contributed by atoms with E-state index in [0.29, 0.717) is 6.04 Å². The van der Waals surface area contributed by atoms with E-state index < -0.39 is 0 Å². The summed E-state index contributed by atoms with van der Waals surface area (Å²) < 4.78 is 2.38. The molecule has 0 amide bonds. The molecule has 1 aliphatic rings. The summed E-state index contributed by atoms with van der Waals surface area (Å²) in [6.45, 7) is 2.21. The van der Waals surface area contributed by atoms with Gasteiger partial charge in [-0.3, -0.25) is 0 Å². The van der Waals surface area contributed by atoms with Gasteiger partial charge < -0.3 is 15.2 Å². The van der Waals surface area contributed by atoms with Gasteiger partial charge in [-0.25, -0.2) is 9.97 Å². The summed E-state index contributed by atoms with van der Waals surface area (Å²) in [5, 5.41) is 7.89. The Balaban J connectivity index is 1.16. The minimum atomic E-state index is 0.584. The van der Waals surface area contributed by atoms with Gasteiger partial charge in [0.25, 0.3) is 0 Å². The van der Waals surface area contributed by atoms with Crippen LogP contribution in [0.5, 0.6) is 0 Å². The topological polar surface area (TPSA) is 54.8 Å². The molecule has 3 aromatic rings. The molecule has 0 spiro atoms. The Bertz CT molecular complexity index is 889. The van der Waals surface area contributed by atoms with Gasteiger partial charge >= 0.3 is 0 Å². The average Bonchev–Trinajstić information content (AvgIpc) is 3.40. The van der Waals surface area contributed by atoms with Crippen molar-refractivity contribution in [2.75, 3.05) is 25.5 Å². The molecule has 154 valence electrons. The first-order valence-electron chi connectivity index (χ1n) is 11.1. The molecule has 2 aromatic heterocycles. The van der Waals surface area contributed by atoms with Gasteiger partial charge in [-0.05, 0) is 62.7 Å². The van der Waals surface area contributed by atoms with Crippen LogP contribution in [0.2, 0.25) is 0 Å². The van der Waals surface area contributed by atoms with Gasteiger partial charge in [-0.1, -0.05) is 43.2 Å². The van der Waals surface area contributed by atoms with Gasteiger partial charge in [0.05, 0.1) is 5.39 Å². The highest BCUT2D eigenvalue weighted by Crippen LogP contribution is 2.39. The van der Waals surface area contributed by atoms with E-state index in [1.54, 1.807) is 6.33 Å². The highest BCUT2D eigenvalue weighted by atomic mass is 15.1. The SMILES string of the molecule is CNc1ncnc2c1ccn2C1CCC(CCCCNCCc2ccccc2)C1. The first-order chi connectivity index (χ1) is 14.3. The summed E-state index contributed by atoms with van der Waals surface area (Å²) in [7, 11) is 1.92. The van der Waals surface area contributed by atoms with E-state index in [-0.39, 0.29) is 0 Å². The third-order valence-electron chi connectivity index (χ3n) is 6.30. The van der Waals surface area contributed by atoms with Crippen LogP contribution in [0.4, 0.5) is 5.82 Å². The number of unbranched alkanes of at least 4 members (excludes halogenated alkanes) is 1. The van der Waals surface area contributed by atoms with E-state index in [4.69, 9.17) is 0 Å². The second-order valence-electron chi connectivity index (χ2n) is 8.25. The largest absolute Gasteiger partial charge is 0.372 e. The Kier molecular flexibility index (Phi) is 6.78. The third kappa shape index (κ3) is 4.96. The summed E-state index contributed by atoms with van der Waals surface area (Å²) in [5.41, 5.74) is 2.49. The lowest BCUT2D eigenvalue weighted by Gasteiger charge is -2.14. The van der Waals surface area contributed by atoms with Crippen molar-refractivity contribution < 1.29 is 0 Å². The van der Waals surface area contributed by atoms with Crippen LogP contribution in [0.15, 0.2) is 48.9 Å². The molecule has 1 aromatic carbocycles. The number of hydrogen-bond donors (Lipinski definition) is 2. The molecule has 4 rings (SSSR count). The summed E-state index contributed by atoms with van der Waals surface area (Å²) in [6.07, 6.45) is 12.8. The quantitative estimate of drug-likeness (QED) is 0.487. The molecule has 5 heteroatoms. The monoisotopic (exact) mass is 391 g/mol. The molecular formula is C24H33N5. The first kappa shape index (κ1) is 19.9. The Morgan fingerprint density at radius 1 is 1.03 bits per heavy atom. The van der Waals surface area contributed by atoms with Crippen molar-refractivity contribution in [2.24, 2.45) is 5.92 Å². The van der Waals surface area contributed by atoms with Crippen LogP contribution in [0.25, 0.3) is 11.0 Å². The molecule has 5 nitrogen and oxygen atoms in total. The molecule has 0 aliphatic heterocycles. The van der Waals surface area contributed by atoms with Crippen molar-refractivity contribution in [2.45, 2.75) is 51.0 Å². The lowest BCUT2D eigenvalue weighted by atomic mass is 10.0. The maximum Gasteiger partial charge on any atom is 0.145 e. The number of fused-ring (bicyclic) bond motifs is 1. The third-order valence-corrected chi connectivity index (χ3v) is 6.30. The van der Waals surface area contributed by atoms with Crippen LogP contribution in [0, 0.1) is 5.92 Å². The van der Waals surface area contributed by atoms with Crippen LogP contribution >= 0.6 is 0 Å². The van der Waals surface area contributed by atoms with Crippen LogP contribution in [0.1, 0.15) is 50.1 Å². The van der Waals surface area contributed by atoms with Crippen molar-refractivity contribution in [3.63, 3.8) is 0 Å². The number of rotatable bonds is 10. The second kappa shape index (κ2) is 9.88. The second-order valence-corrected chi connectivity index (χ2v) is 8.25. The summed E-state index contributed by atoms with van der Waals surface area (Å²) in [4.78, 5) is 8.88. The highest BCUT2D eigenvalue weighted by molar-refractivity contribution is 5.87. The highest BCUT2D eigenvalue weighted by Gasteiger charge is 2.26. The maximum atomic E-state index is 4.55. The number of nitrogens with one attached hydrogen (secondary N) is 2. The maximum absolute atomic E-state index is 4.55. The number of hydrogen-bond acceptors (Lipinski definition) is 4. The van der Waals surface area contributed by atoms with E-state index in [9.17, 15) is 0 Å². The molecule has 0 bridgehead atoms. The lowest BCUT2D eigenvalue weighted by molar-refractivity contribution is 0.439. The molecule has 29 heavy (non-hydrogen) atoms. The molecule has 2 atom stereocenters. The molecule has 2 heterocycles. The molecule has 0 saturated heterocycles. The zero-order valence-corrected chi connectivity index (χ0v) is 17.5. The normalized spacial score (nSPS) is 19.1. The van der Waals surface area contributed by atoms with E-state index in [0.717, 1.165) is 42.3 Å². The Labute approximate surface area is 174 Å². The van der Waals surface area contributed by atoms with Crippen molar-refractivity contribution in [3.8, 4) is 0 Å². The first-order valence-corrected chi connectivity index (χ1v) is 11.1. The van der Waals surface area contributed by atoms with Gasteiger partial charge in [-0.15, -0.1) is 0 Å². The van der Waals surface area contributed by atoms with Crippen molar-refractivity contribution in [1.82, 2.24) is 19.9 Å². The molecule has 1 saturated carbocycles. The molecule has 1 fully saturated rings. The average molecular weight is 392 g/mol. The van der Waals surface area contributed by atoms with Crippen LogP contribution in [-0.4, -0.2) is 34.7 Å². The fourth-order valence-electron chi connectivity index (χ4n) is 4.71. The van der Waals surface area contributed by atoms with E-state index in [2.05, 4.69) is 67.8 Å². The fourth-order valence-corrected chi connectivity index (χ4v) is 4.71.